The number of rotatable bonds is 7. The van der Waals surface area contributed by atoms with Crippen molar-refractivity contribution in [1.29, 1.82) is 0 Å². The third-order valence-corrected chi connectivity index (χ3v) is 3.73. The van der Waals surface area contributed by atoms with E-state index in [1.54, 1.807) is 20.5 Å². The van der Waals surface area contributed by atoms with E-state index in [1.807, 2.05) is 18.3 Å². The number of halogens is 1. The fraction of sp³-hybridized carbons (Fsp3) is 0.357. The van der Waals surface area contributed by atoms with Gasteiger partial charge in [0.1, 0.15) is 0 Å². The molecule has 0 aliphatic heterocycles. The van der Waals surface area contributed by atoms with Crippen LogP contribution in [0.1, 0.15) is 11.3 Å². The number of nitrogens with one attached hydrogen (secondary N) is 2. The molecule has 1 aromatic carbocycles. The number of hydrogen-bond acceptors (Lipinski definition) is 4. The van der Waals surface area contributed by atoms with Crippen LogP contribution >= 0.6 is 15.9 Å². The van der Waals surface area contributed by atoms with E-state index in [2.05, 4.69) is 31.2 Å². The summed E-state index contributed by atoms with van der Waals surface area (Å²) in [7, 11) is 3.27. The Kier molecular flexibility index (Phi) is 5.43. The van der Waals surface area contributed by atoms with Gasteiger partial charge in [-0.2, -0.15) is 0 Å². The van der Waals surface area contributed by atoms with Gasteiger partial charge in [0.25, 0.3) is 0 Å². The minimum atomic E-state index is 0.723. The zero-order chi connectivity index (χ0) is 14.4. The Morgan fingerprint density at radius 3 is 2.65 bits per heavy atom. The molecule has 0 radical (unpaired) electrons. The van der Waals surface area contributed by atoms with Crippen molar-refractivity contribution in [3.05, 3.63) is 40.4 Å². The van der Waals surface area contributed by atoms with E-state index in [-0.39, 0.29) is 0 Å². The minimum Gasteiger partial charge on any atom is -0.493 e. The molecule has 2 rings (SSSR count). The SMILES string of the molecule is COc1cc(Br)c(CNCCc2cnc[nH]2)cc1OC. The molecule has 6 heteroatoms. The van der Waals surface area contributed by atoms with Crippen LogP contribution in [-0.4, -0.2) is 30.7 Å². The predicted octanol–water partition coefficient (Wildman–Crippen LogP) is 2.52. The first-order chi connectivity index (χ1) is 9.74. The van der Waals surface area contributed by atoms with Crippen LogP contribution < -0.4 is 14.8 Å². The summed E-state index contributed by atoms with van der Waals surface area (Å²) in [5.74, 6) is 1.46. The van der Waals surface area contributed by atoms with Crippen molar-refractivity contribution in [2.75, 3.05) is 20.8 Å². The highest BCUT2D eigenvalue weighted by Crippen LogP contribution is 2.33. The quantitative estimate of drug-likeness (QED) is 0.761. The number of benzene rings is 1. The molecule has 20 heavy (non-hydrogen) atoms. The summed E-state index contributed by atoms with van der Waals surface area (Å²) in [4.78, 5) is 7.08. The number of nitrogens with zero attached hydrogens (tertiary/aromatic N) is 1. The van der Waals surface area contributed by atoms with Crippen LogP contribution in [0.25, 0.3) is 0 Å². The molecule has 5 nitrogen and oxygen atoms in total. The number of methoxy groups -OCH3 is 2. The molecule has 2 aromatic rings. The summed E-state index contributed by atoms with van der Waals surface area (Å²) in [5, 5.41) is 3.40. The van der Waals surface area contributed by atoms with Gasteiger partial charge in [0, 0.05) is 35.9 Å². The van der Waals surface area contributed by atoms with Crippen LogP contribution in [0.2, 0.25) is 0 Å². The fourth-order valence-corrected chi connectivity index (χ4v) is 2.36. The fourth-order valence-electron chi connectivity index (χ4n) is 1.90. The summed E-state index contributed by atoms with van der Waals surface area (Å²) in [6, 6.07) is 3.90. The average molecular weight is 340 g/mol. The first-order valence-corrected chi connectivity index (χ1v) is 7.12. The van der Waals surface area contributed by atoms with Gasteiger partial charge in [-0.3, -0.25) is 0 Å². The van der Waals surface area contributed by atoms with Gasteiger partial charge in [-0.1, -0.05) is 15.9 Å². The van der Waals surface area contributed by atoms with E-state index in [0.717, 1.165) is 46.7 Å². The first-order valence-electron chi connectivity index (χ1n) is 6.33. The summed E-state index contributed by atoms with van der Waals surface area (Å²) in [5.41, 5.74) is 2.26. The van der Waals surface area contributed by atoms with E-state index in [4.69, 9.17) is 9.47 Å². The molecule has 0 bridgehead atoms. The molecule has 0 saturated heterocycles. The third kappa shape index (κ3) is 3.74. The lowest BCUT2D eigenvalue weighted by atomic mass is 10.2. The molecule has 2 N–H and O–H groups in total. The second kappa shape index (κ2) is 7.31. The van der Waals surface area contributed by atoms with E-state index in [9.17, 15) is 0 Å². The molecule has 0 saturated carbocycles. The van der Waals surface area contributed by atoms with Crippen LogP contribution in [0.4, 0.5) is 0 Å². The highest BCUT2D eigenvalue weighted by molar-refractivity contribution is 9.10. The smallest absolute Gasteiger partial charge is 0.161 e. The van der Waals surface area contributed by atoms with Gasteiger partial charge >= 0.3 is 0 Å². The van der Waals surface area contributed by atoms with Gasteiger partial charge in [-0.15, -0.1) is 0 Å². The molecular formula is C14H18BrN3O2. The Balaban J connectivity index is 1.92. The van der Waals surface area contributed by atoms with Crippen LogP contribution in [0, 0.1) is 0 Å². The summed E-state index contributed by atoms with van der Waals surface area (Å²) >= 11 is 3.55. The Hall–Kier alpha value is -1.53. The second-order valence-corrected chi connectivity index (χ2v) is 5.16. The highest BCUT2D eigenvalue weighted by atomic mass is 79.9. The van der Waals surface area contributed by atoms with Crippen molar-refractivity contribution < 1.29 is 9.47 Å². The van der Waals surface area contributed by atoms with Gasteiger partial charge in [-0.05, 0) is 17.7 Å². The Morgan fingerprint density at radius 2 is 2.00 bits per heavy atom. The molecule has 0 amide bonds. The van der Waals surface area contributed by atoms with Gasteiger partial charge in [0.05, 0.1) is 20.5 Å². The topological polar surface area (TPSA) is 59.2 Å². The predicted molar refractivity (Wildman–Crippen MR) is 81.2 cm³/mol. The van der Waals surface area contributed by atoms with E-state index >= 15 is 0 Å². The Morgan fingerprint density at radius 1 is 1.25 bits per heavy atom. The summed E-state index contributed by atoms with van der Waals surface area (Å²) in [6.07, 6.45) is 4.46. The molecule has 0 unspecified atom stereocenters. The van der Waals surface area contributed by atoms with Gasteiger partial charge < -0.3 is 19.8 Å². The van der Waals surface area contributed by atoms with Crippen LogP contribution in [0.5, 0.6) is 11.5 Å². The monoisotopic (exact) mass is 339 g/mol. The maximum absolute atomic E-state index is 5.31. The maximum atomic E-state index is 5.31. The number of ether oxygens (including phenoxy) is 2. The lowest BCUT2D eigenvalue weighted by Crippen LogP contribution is -2.17. The summed E-state index contributed by atoms with van der Waals surface area (Å²) in [6.45, 7) is 1.64. The lowest BCUT2D eigenvalue weighted by Gasteiger charge is -2.12. The van der Waals surface area contributed by atoms with Gasteiger partial charge in [0.2, 0.25) is 0 Å². The Labute approximate surface area is 126 Å². The normalized spacial score (nSPS) is 10.6. The molecule has 0 spiro atoms. The highest BCUT2D eigenvalue weighted by Gasteiger charge is 2.09. The maximum Gasteiger partial charge on any atom is 0.161 e. The molecule has 0 fully saturated rings. The lowest BCUT2D eigenvalue weighted by molar-refractivity contribution is 0.354. The number of aromatic nitrogens is 2. The number of imidazole rings is 1. The van der Waals surface area contributed by atoms with Crippen LogP contribution in [0.15, 0.2) is 29.1 Å². The van der Waals surface area contributed by atoms with Crippen molar-refractivity contribution in [1.82, 2.24) is 15.3 Å². The third-order valence-electron chi connectivity index (χ3n) is 2.99. The molecule has 0 aliphatic carbocycles. The van der Waals surface area contributed by atoms with Gasteiger partial charge in [0.15, 0.2) is 11.5 Å². The molecular weight excluding hydrogens is 322 g/mol. The van der Waals surface area contributed by atoms with Gasteiger partial charge in [-0.25, -0.2) is 4.98 Å². The molecule has 0 aliphatic rings. The van der Waals surface area contributed by atoms with Crippen molar-refractivity contribution in [3.8, 4) is 11.5 Å². The zero-order valence-corrected chi connectivity index (χ0v) is 13.2. The zero-order valence-electron chi connectivity index (χ0n) is 11.6. The average Bonchev–Trinajstić information content (AvgIpc) is 2.97. The number of H-pyrrole nitrogens is 1. The van der Waals surface area contributed by atoms with E-state index in [0.29, 0.717) is 0 Å². The van der Waals surface area contributed by atoms with E-state index < -0.39 is 0 Å². The van der Waals surface area contributed by atoms with Crippen molar-refractivity contribution in [2.24, 2.45) is 0 Å². The largest absolute Gasteiger partial charge is 0.493 e. The standard InChI is InChI=1S/C14H18BrN3O2/c1-19-13-5-10(12(15)6-14(13)20-2)7-16-4-3-11-8-17-9-18-11/h5-6,8-9,16H,3-4,7H2,1-2H3,(H,17,18). The molecule has 108 valence electrons. The van der Waals surface area contributed by atoms with Crippen molar-refractivity contribution in [2.45, 2.75) is 13.0 Å². The van der Waals surface area contributed by atoms with Crippen LogP contribution in [0.3, 0.4) is 0 Å². The molecule has 1 heterocycles. The minimum absolute atomic E-state index is 0.723. The summed E-state index contributed by atoms with van der Waals surface area (Å²) < 4.78 is 11.6. The first kappa shape index (κ1) is 14.9. The second-order valence-electron chi connectivity index (χ2n) is 4.30. The molecule has 0 atom stereocenters. The molecule has 1 aromatic heterocycles. The number of hydrogen-bond donors (Lipinski definition) is 2. The van der Waals surface area contributed by atoms with Crippen LogP contribution in [-0.2, 0) is 13.0 Å². The van der Waals surface area contributed by atoms with Crippen molar-refractivity contribution >= 4 is 15.9 Å². The Bertz CT molecular complexity index is 544. The van der Waals surface area contributed by atoms with E-state index in [1.165, 1.54) is 0 Å². The van der Waals surface area contributed by atoms with Crippen molar-refractivity contribution in [3.63, 3.8) is 0 Å². The number of aromatic amines is 1.